The fraction of sp³-hybridized carbons (Fsp3) is 0.409. The van der Waals surface area contributed by atoms with Crippen molar-refractivity contribution < 1.29 is 23.9 Å². The zero-order chi connectivity index (χ0) is 20.7. The highest BCUT2D eigenvalue weighted by atomic mass is 16.5. The molecular weight excluding hydrogens is 356 g/mol. The van der Waals surface area contributed by atoms with Crippen molar-refractivity contribution in [1.82, 2.24) is 0 Å². The highest BCUT2D eigenvalue weighted by Crippen LogP contribution is 2.28. The van der Waals surface area contributed by atoms with E-state index in [1.165, 1.54) is 0 Å². The van der Waals surface area contributed by atoms with Crippen molar-refractivity contribution in [3.05, 3.63) is 47.5 Å². The van der Waals surface area contributed by atoms with E-state index in [1.807, 2.05) is 64.2 Å². The third-order valence-corrected chi connectivity index (χ3v) is 4.76. The first-order chi connectivity index (χ1) is 13.4. The summed E-state index contributed by atoms with van der Waals surface area (Å²) in [4.78, 5) is 13.8. The molecule has 0 heterocycles. The van der Waals surface area contributed by atoms with Gasteiger partial charge in [-0.3, -0.25) is 4.79 Å². The Morgan fingerprint density at radius 1 is 1.07 bits per heavy atom. The smallest absolute Gasteiger partial charge is 0.282 e. The van der Waals surface area contributed by atoms with Crippen molar-refractivity contribution in [2.75, 3.05) is 33.2 Å². The van der Waals surface area contributed by atoms with Gasteiger partial charge in [0.15, 0.2) is 17.5 Å². The van der Waals surface area contributed by atoms with Crippen molar-refractivity contribution in [2.45, 2.75) is 33.4 Å². The van der Waals surface area contributed by atoms with Gasteiger partial charge in [0, 0.05) is 5.56 Å². The largest absolute Gasteiger partial charge is 0.495 e. The van der Waals surface area contributed by atoms with Crippen LogP contribution in [-0.2, 0) is 11.3 Å². The van der Waals surface area contributed by atoms with E-state index in [0.29, 0.717) is 30.3 Å². The van der Waals surface area contributed by atoms with Crippen LogP contribution < -0.4 is 24.4 Å². The quantitative estimate of drug-likeness (QED) is 0.694. The number of carbonyl (C=O) groups is 1. The lowest BCUT2D eigenvalue weighted by Crippen LogP contribution is -3.12. The molecule has 6 nitrogen and oxygen atoms in total. The lowest BCUT2D eigenvalue weighted by molar-refractivity contribution is -0.907. The Labute approximate surface area is 167 Å². The standard InChI is InChI=1S/C22H30N2O4/c1-7-28-20-11-9-17(13-21(20)27-6)14-24(4)16(3)22(25)23-18-12-15(2)8-10-19(18)26-5/h8-13,16H,7,14H2,1-6H3,(H,23,25)/p+1/t16-/m0/s1. The summed E-state index contributed by atoms with van der Waals surface area (Å²) in [6, 6.07) is 11.4. The first-order valence-corrected chi connectivity index (χ1v) is 9.47. The van der Waals surface area contributed by atoms with Gasteiger partial charge in [0.1, 0.15) is 12.3 Å². The van der Waals surface area contributed by atoms with Gasteiger partial charge in [0.05, 0.1) is 33.6 Å². The molecule has 2 aromatic rings. The Bertz CT molecular complexity index is 807. The lowest BCUT2D eigenvalue weighted by atomic mass is 10.1. The zero-order valence-corrected chi connectivity index (χ0v) is 17.6. The molecule has 2 atom stereocenters. The molecule has 0 aliphatic rings. The number of methoxy groups -OCH3 is 2. The molecule has 1 amide bonds. The maximum Gasteiger partial charge on any atom is 0.282 e. The number of rotatable bonds is 9. The van der Waals surface area contributed by atoms with Gasteiger partial charge in [-0.1, -0.05) is 6.07 Å². The molecule has 0 saturated carbocycles. The number of benzene rings is 2. The predicted octanol–water partition coefficient (Wildman–Crippen LogP) is 2.45. The first-order valence-electron chi connectivity index (χ1n) is 9.47. The van der Waals surface area contributed by atoms with Gasteiger partial charge in [0.25, 0.3) is 5.91 Å². The number of hydrogen-bond acceptors (Lipinski definition) is 4. The molecule has 6 heteroatoms. The maximum absolute atomic E-state index is 12.8. The summed E-state index contributed by atoms with van der Waals surface area (Å²) < 4.78 is 16.3. The number of amides is 1. The second kappa shape index (κ2) is 9.99. The Kier molecular flexibility index (Phi) is 7.70. The Morgan fingerprint density at radius 2 is 1.75 bits per heavy atom. The number of likely N-dealkylation sites (N-methyl/N-ethyl adjacent to an activating group) is 1. The molecule has 0 radical (unpaired) electrons. The van der Waals surface area contributed by atoms with Crippen LogP contribution >= 0.6 is 0 Å². The molecule has 2 N–H and O–H groups in total. The van der Waals surface area contributed by atoms with Crippen molar-refractivity contribution >= 4 is 11.6 Å². The minimum absolute atomic E-state index is 0.0562. The van der Waals surface area contributed by atoms with Crippen LogP contribution in [0.15, 0.2) is 36.4 Å². The molecule has 28 heavy (non-hydrogen) atoms. The number of quaternary nitrogens is 1. The minimum Gasteiger partial charge on any atom is -0.495 e. The SMILES string of the molecule is CCOc1ccc(C[NH+](C)[C@@H](C)C(=O)Nc2cc(C)ccc2OC)cc1OC. The molecule has 0 aliphatic heterocycles. The van der Waals surface area contributed by atoms with Gasteiger partial charge < -0.3 is 24.4 Å². The van der Waals surface area contributed by atoms with Crippen LogP contribution in [0.2, 0.25) is 0 Å². The monoisotopic (exact) mass is 387 g/mol. The van der Waals surface area contributed by atoms with Crippen LogP contribution in [0, 0.1) is 6.92 Å². The average Bonchev–Trinajstić information content (AvgIpc) is 2.68. The Morgan fingerprint density at radius 3 is 2.39 bits per heavy atom. The molecule has 0 saturated heterocycles. The van der Waals surface area contributed by atoms with E-state index in [4.69, 9.17) is 14.2 Å². The van der Waals surface area contributed by atoms with Gasteiger partial charge in [-0.05, 0) is 56.7 Å². The summed E-state index contributed by atoms with van der Waals surface area (Å²) in [5.74, 6) is 2.02. The maximum atomic E-state index is 12.8. The van der Waals surface area contributed by atoms with Gasteiger partial charge in [0.2, 0.25) is 0 Å². The van der Waals surface area contributed by atoms with Crippen molar-refractivity contribution in [3.63, 3.8) is 0 Å². The molecule has 0 bridgehead atoms. The Balaban J connectivity index is 2.07. The molecule has 152 valence electrons. The fourth-order valence-corrected chi connectivity index (χ4v) is 2.96. The van der Waals surface area contributed by atoms with Crippen LogP contribution in [0.4, 0.5) is 5.69 Å². The van der Waals surface area contributed by atoms with E-state index < -0.39 is 0 Å². The summed E-state index contributed by atoms with van der Waals surface area (Å²) in [5.41, 5.74) is 2.83. The molecule has 2 rings (SSSR count). The van der Waals surface area contributed by atoms with Gasteiger partial charge in [-0.25, -0.2) is 0 Å². The minimum atomic E-state index is -0.247. The average molecular weight is 388 g/mol. The van der Waals surface area contributed by atoms with Crippen LogP contribution in [0.25, 0.3) is 0 Å². The van der Waals surface area contributed by atoms with Gasteiger partial charge in [-0.2, -0.15) is 0 Å². The number of nitrogens with one attached hydrogen (secondary N) is 2. The van der Waals surface area contributed by atoms with Crippen LogP contribution in [0.5, 0.6) is 17.2 Å². The van der Waals surface area contributed by atoms with E-state index in [-0.39, 0.29) is 11.9 Å². The number of carbonyl (C=O) groups excluding carboxylic acids is 1. The normalized spacial score (nSPS) is 12.8. The van der Waals surface area contributed by atoms with E-state index in [1.54, 1.807) is 14.2 Å². The predicted molar refractivity (Wildman–Crippen MR) is 111 cm³/mol. The van der Waals surface area contributed by atoms with Crippen LogP contribution in [0.1, 0.15) is 25.0 Å². The molecule has 0 aromatic heterocycles. The number of aryl methyl sites for hydroxylation is 1. The summed E-state index contributed by atoms with van der Waals surface area (Å²) >= 11 is 0. The second-order valence-corrected chi connectivity index (χ2v) is 6.86. The molecule has 0 aliphatic carbocycles. The Hall–Kier alpha value is -2.73. The lowest BCUT2D eigenvalue weighted by Gasteiger charge is -2.22. The second-order valence-electron chi connectivity index (χ2n) is 6.86. The van der Waals surface area contributed by atoms with E-state index >= 15 is 0 Å². The summed E-state index contributed by atoms with van der Waals surface area (Å²) in [6.07, 6.45) is 0. The van der Waals surface area contributed by atoms with Crippen molar-refractivity contribution in [1.29, 1.82) is 0 Å². The summed E-state index contributed by atoms with van der Waals surface area (Å²) in [5, 5.41) is 2.99. The fourth-order valence-electron chi connectivity index (χ4n) is 2.96. The van der Waals surface area contributed by atoms with E-state index in [0.717, 1.165) is 21.8 Å². The van der Waals surface area contributed by atoms with Gasteiger partial charge in [-0.15, -0.1) is 0 Å². The van der Waals surface area contributed by atoms with Gasteiger partial charge >= 0.3 is 0 Å². The first kappa shape index (κ1) is 21.6. The highest BCUT2D eigenvalue weighted by molar-refractivity contribution is 5.95. The van der Waals surface area contributed by atoms with Crippen LogP contribution in [-0.4, -0.2) is 39.8 Å². The number of anilines is 1. The third-order valence-electron chi connectivity index (χ3n) is 4.76. The highest BCUT2D eigenvalue weighted by Gasteiger charge is 2.23. The third kappa shape index (κ3) is 5.39. The summed E-state index contributed by atoms with van der Waals surface area (Å²) in [6.45, 7) is 7.10. The van der Waals surface area contributed by atoms with Crippen molar-refractivity contribution in [3.8, 4) is 17.2 Å². The van der Waals surface area contributed by atoms with Crippen LogP contribution in [0.3, 0.4) is 0 Å². The van der Waals surface area contributed by atoms with E-state index in [9.17, 15) is 4.79 Å². The molecule has 0 spiro atoms. The summed E-state index contributed by atoms with van der Waals surface area (Å²) in [7, 11) is 5.23. The van der Waals surface area contributed by atoms with Crippen molar-refractivity contribution in [2.24, 2.45) is 0 Å². The molecule has 1 unspecified atom stereocenters. The molecule has 0 fully saturated rings. The van der Waals surface area contributed by atoms with E-state index in [2.05, 4.69) is 5.32 Å². The number of ether oxygens (including phenoxy) is 3. The molecular formula is C22H31N2O4+. The number of hydrogen-bond donors (Lipinski definition) is 2. The molecule has 2 aromatic carbocycles. The topological polar surface area (TPSA) is 61.2 Å². The zero-order valence-electron chi connectivity index (χ0n) is 17.6.